The fourth-order valence-corrected chi connectivity index (χ4v) is 4.01. The Hall–Kier alpha value is -3.32. The van der Waals surface area contributed by atoms with Gasteiger partial charge in [0.2, 0.25) is 5.95 Å². The molecule has 0 radical (unpaired) electrons. The number of H-pyrrole nitrogens is 1. The minimum absolute atomic E-state index is 0.0857. The molecule has 1 aliphatic heterocycles. The summed E-state index contributed by atoms with van der Waals surface area (Å²) < 4.78 is 2.01. The van der Waals surface area contributed by atoms with Crippen molar-refractivity contribution in [1.82, 2.24) is 19.9 Å². The Labute approximate surface area is 171 Å². The summed E-state index contributed by atoms with van der Waals surface area (Å²) in [6.07, 6.45) is 0.834. The number of carbonyl (C=O) groups is 2. The zero-order chi connectivity index (χ0) is 20.1. The molecule has 0 fully saturated rings. The number of aromatic amines is 1. The molecule has 2 aromatic carbocycles. The van der Waals surface area contributed by atoms with E-state index in [4.69, 9.17) is 11.6 Å². The highest BCUT2D eigenvalue weighted by atomic mass is 35.5. The molecule has 0 saturated heterocycles. The van der Waals surface area contributed by atoms with E-state index < -0.39 is 0 Å². The van der Waals surface area contributed by atoms with Gasteiger partial charge in [-0.2, -0.15) is 0 Å². The molecule has 1 unspecified atom stereocenters. The highest BCUT2D eigenvalue weighted by molar-refractivity contribution is 6.31. The van der Waals surface area contributed by atoms with Crippen LogP contribution in [0.3, 0.4) is 0 Å². The molecule has 8 heteroatoms. The van der Waals surface area contributed by atoms with Crippen LogP contribution in [0.5, 0.6) is 0 Å². The Morgan fingerprint density at radius 2 is 2.10 bits per heavy atom. The summed E-state index contributed by atoms with van der Waals surface area (Å²) >= 11 is 5.99. The highest BCUT2D eigenvalue weighted by Gasteiger charge is 2.23. The first-order valence-electron chi connectivity index (χ1n) is 9.39. The molecule has 3 heterocycles. The first-order chi connectivity index (χ1) is 14.0. The maximum atomic E-state index is 12.8. The van der Waals surface area contributed by atoms with Gasteiger partial charge in [0.25, 0.3) is 11.8 Å². The largest absolute Gasteiger partial charge is 0.351 e. The molecule has 5 rings (SSSR count). The van der Waals surface area contributed by atoms with Gasteiger partial charge in [-0.05, 0) is 49.7 Å². The topological polar surface area (TPSA) is 91.8 Å². The van der Waals surface area contributed by atoms with Crippen LogP contribution < -0.4 is 10.6 Å². The van der Waals surface area contributed by atoms with Gasteiger partial charge in [-0.1, -0.05) is 17.7 Å². The fraction of sp³-hybridized carbons (Fsp3) is 0.190. The molecule has 0 spiro atoms. The van der Waals surface area contributed by atoms with Crippen LogP contribution in [0.15, 0.2) is 42.5 Å². The van der Waals surface area contributed by atoms with E-state index >= 15 is 0 Å². The third-order valence-corrected chi connectivity index (χ3v) is 5.54. The lowest BCUT2D eigenvalue weighted by atomic mass is 10.1. The van der Waals surface area contributed by atoms with Crippen molar-refractivity contribution in [3.8, 4) is 0 Å². The van der Waals surface area contributed by atoms with Crippen LogP contribution in [0.2, 0.25) is 5.02 Å². The molecule has 7 nitrogen and oxygen atoms in total. The van der Waals surface area contributed by atoms with Gasteiger partial charge in [0.05, 0.1) is 11.0 Å². The molecular formula is C21H18ClN5O2. The minimum atomic E-state index is -0.279. The standard InChI is InChI=1S/C21H18ClN5O2/c1-11-6-7-23-20(29)18-8-12-2-3-13(9-17(12)27(11)18)19(28)26-21-24-15-5-4-14(22)10-16(15)25-21/h2-5,8-11H,6-7H2,1H3,(H,23,29)(H2,24,25,26,28). The molecule has 29 heavy (non-hydrogen) atoms. The van der Waals surface area contributed by atoms with E-state index in [9.17, 15) is 9.59 Å². The summed E-state index contributed by atoms with van der Waals surface area (Å²) in [7, 11) is 0. The lowest BCUT2D eigenvalue weighted by Crippen LogP contribution is -2.22. The number of anilines is 1. The van der Waals surface area contributed by atoms with Crippen LogP contribution >= 0.6 is 11.6 Å². The van der Waals surface area contributed by atoms with Crippen LogP contribution in [-0.2, 0) is 0 Å². The number of carbonyl (C=O) groups excluding carboxylic acids is 2. The Balaban J connectivity index is 1.50. The maximum absolute atomic E-state index is 12.8. The zero-order valence-electron chi connectivity index (χ0n) is 15.6. The zero-order valence-corrected chi connectivity index (χ0v) is 16.4. The first-order valence-corrected chi connectivity index (χ1v) is 9.77. The second-order valence-corrected chi connectivity index (χ2v) is 7.70. The number of benzene rings is 2. The SMILES string of the molecule is CC1CCNC(=O)c2cc3ccc(C(=O)Nc4nc5cc(Cl)ccc5[nH]4)cc3n21. The van der Waals surface area contributed by atoms with Crippen molar-refractivity contribution >= 4 is 51.3 Å². The van der Waals surface area contributed by atoms with Crippen molar-refractivity contribution in [2.24, 2.45) is 0 Å². The molecule has 2 aromatic heterocycles. The fourth-order valence-electron chi connectivity index (χ4n) is 3.84. The van der Waals surface area contributed by atoms with Gasteiger partial charge in [0.15, 0.2) is 0 Å². The van der Waals surface area contributed by atoms with E-state index in [2.05, 4.69) is 27.5 Å². The molecule has 1 aliphatic rings. The Kier molecular flexibility index (Phi) is 4.06. The predicted octanol–water partition coefficient (Wildman–Crippen LogP) is 4.12. The maximum Gasteiger partial charge on any atom is 0.267 e. The molecule has 0 aliphatic carbocycles. The second-order valence-electron chi connectivity index (χ2n) is 7.27. The van der Waals surface area contributed by atoms with Crippen molar-refractivity contribution in [1.29, 1.82) is 0 Å². The number of imidazole rings is 1. The number of amides is 2. The quantitative estimate of drug-likeness (QED) is 0.466. The number of rotatable bonds is 2. The van der Waals surface area contributed by atoms with E-state index in [1.165, 1.54) is 0 Å². The monoisotopic (exact) mass is 407 g/mol. The predicted molar refractivity (Wildman–Crippen MR) is 113 cm³/mol. The van der Waals surface area contributed by atoms with E-state index in [1.807, 2.05) is 28.8 Å². The number of hydrogen-bond donors (Lipinski definition) is 3. The van der Waals surface area contributed by atoms with Gasteiger partial charge < -0.3 is 14.9 Å². The van der Waals surface area contributed by atoms with Crippen LogP contribution in [0.1, 0.15) is 40.2 Å². The third kappa shape index (κ3) is 3.03. The van der Waals surface area contributed by atoms with Gasteiger partial charge in [0, 0.05) is 34.1 Å². The first kappa shape index (κ1) is 17.8. The number of aromatic nitrogens is 3. The number of nitrogens with one attached hydrogen (secondary N) is 3. The number of nitrogens with zero attached hydrogens (tertiary/aromatic N) is 2. The highest BCUT2D eigenvalue weighted by Crippen LogP contribution is 2.28. The normalized spacial score (nSPS) is 16.5. The van der Waals surface area contributed by atoms with Crippen molar-refractivity contribution < 1.29 is 9.59 Å². The summed E-state index contributed by atoms with van der Waals surface area (Å²) in [6, 6.07) is 12.8. The molecule has 3 N–H and O–H groups in total. The lowest BCUT2D eigenvalue weighted by molar-refractivity contribution is 0.0950. The minimum Gasteiger partial charge on any atom is -0.351 e. The molecule has 0 bridgehead atoms. The molecule has 4 aromatic rings. The van der Waals surface area contributed by atoms with Crippen molar-refractivity contribution in [2.45, 2.75) is 19.4 Å². The number of fused-ring (bicyclic) bond motifs is 4. The van der Waals surface area contributed by atoms with Crippen LogP contribution in [0.25, 0.3) is 21.9 Å². The van der Waals surface area contributed by atoms with Gasteiger partial charge in [-0.25, -0.2) is 4.98 Å². The van der Waals surface area contributed by atoms with Crippen LogP contribution in [0.4, 0.5) is 5.95 Å². The van der Waals surface area contributed by atoms with Gasteiger partial charge in [-0.15, -0.1) is 0 Å². The Bertz CT molecular complexity index is 1290. The van der Waals surface area contributed by atoms with Crippen molar-refractivity contribution in [2.75, 3.05) is 11.9 Å². The van der Waals surface area contributed by atoms with Gasteiger partial charge >= 0.3 is 0 Å². The Morgan fingerprint density at radius 1 is 1.24 bits per heavy atom. The van der Waals surface area contributed by atoms with Crippen molar-refractivity contribution in [3.05, 3.63) is 58.7 Å². The lowest BCUT2D eigenvalue weighted by Gasteiger charge is -2.14. The van der Waals surface area contributed by atoms with E-state index in [0.29, 0.717) is 34.3 Å². The summed E-state index contributed by atoms with van der Waals surface area (Å²) in [4.78, 5) is 32.6. The van der Waals surface area contributed by atoms with E-state index in [-0.39, 0.29) is 17.9 Å². The summed E-state index contributed by atoms with van der Waals surface area (Å²) in [5, 5.41) is 7.23. The average molecular weight is 408 g/mol. The van der Waals surface area contributed by atoms with Gasteiger partial charge in [-0.3, -0.25) is 14.9 Å². The second kappa shape index (κ2) is 6.63. The van der Waals surface area contributed by atoms with Crippen LogP contribution in [-0.4, -0.2) is 32.9 Å². The molecule has 2 amide bonds. The molecule has 1 atom stereocenters. The summed E-state index contributed by atoms with van der Waals surface area (Å²) in [5.41, 5.74) is 3.45. The number of hydrogen-bond acceptors (Lipinski definition) is 3. The summed E-state index contributed by atoms with van der Waals surface area (Å²) in [6.45, 7) is 2.72. The van der Waals surface area contributed by atoms with E-state index in [1.54, 1.807) is 18.2 Å². The van der Waals surface area contributed by atoms with E-state index in [0.717, 1.165) is 22.8 Å². The molecular weight excluding hydrogens is 390 g/mol. The smallest absolute Gasteiger partial charge is 0.267 e. The van der Waals surface area contributed by atoms with Crippen molar-refractivity contribution in [3.63, 3.8) is 0 Å². The Morgan fingerprint density at radius 3 is 2.97 bits per heavy atom. The molecule has 0 saturated carbocycles. The molecule has 146 valence electrons. The third-order valence-electron chi connectivity index (χ3n) is 5.30. The van der Waals surface area contributed by atoms with Crippen LogP contribution in [0, 0.1) is 0 Å². The van der Waals surface area contributed by atoms with Gasteiger partial charge in [0.1, 0.15) is 5.69 Å². The number of halogens is 1. The average Bonchev–Trinajstić information content (AvgIpc) is 3.23. The summed E-state index contributed by atoms with van der Waals surface area (Å²) in [5.74, 6) is -0.00934.